The molecule has 27 heavy (non-hydrogen) atoms. The molecule has 0 aromatic heterocycles. The first-order valence-electron chi connectivity index (χ1n) is 7.96. The molecule has 0 aliphatic carbocycles. The number of nitrogens with two attached hydrogens (primary N) is 1. The number of aliphatic hydroxyl groups excluding tert-OH is 8. The molecule has 0 aromatic carbocycles. The summed E-state index contributed by atoms with van der Waals surface area (Å²) in [5.41, 5.74) is 5.40. The van der Waals surface area contributed by atoms with Gasteiger partial charge in [0.2, 0.25) is 0 Å². The molecule has 0 saturated carbocycles. The van der Waals surface area contributed by atoms with Crippen LogP contribution in [0.2, 0.25) is 0 Å². The highest BCUT2D eigenvalue weighted by Crippen LogP contribution is 2.34. The molecule has 0 amide bonds. The van der Waals surface area contributed by atoms with Crippen LogP contribution >= 0.6 is 12.2 Å². The zero-order valence-electron chi connectivity index (χ0n) is 13.9. The number of rotatable bonds is 5. The first-order valence-corrected chi connectivity index (χ1v) is 8.37. The lowest BCUT2D eigenvalue weighted by atomic mass is 9.95. The van der Waals surface area contributed by atoms with Gasteiger partial charge in [0, 0.05) is 0 Å². The number of thiocarbonyl (C=S) groups is 1. The average Bonchev–Trinajstić information content (AvgIpc) is 2.62. The molecule has 13 nitrogen and oxygen atoms in total. The van der Waals surface area contributed by atoms with Crippen molar-refractivity contribution in [2.24, 2.45) is 5.73 Å². The zero-order valence-corrected chi connectivity index (χ0v) is 14.7. The molecule has 10 atom stereocenters. The van der Waals surface area contributed by atoms with Crippen molar-refractivity contribution in [2.45, 2.75) is 61.0 Å². The zero-order chi connectivity index (χ0) is 20.5. The normalized spacial score (nSPS) is 48.2. The summed E-state index contributed by atoms with van der Waals surface area (Å²) < 4.78 is 15.8. The largest absolute Gasteiger partial charge is 0.394 e. The van der Waals surface area contributed by atoms with Gasteiger partial charge in [0.1, 0.15) is 42.7 Å². The fourth-order valence-electron chi connectivity index (χ4n) is 2.96. The van der Waals surface area contributed by atoms with E-state index in [0.29, 0.717) is 0 Å². The maximum Gasteiger partial charge on any atom is 0.282 e. The van der Waals surface area contributed by atoms with Gasteiger partial charge in [-0.25, -0.2) is 0 Å². The van der Waals surface area contributed by atoms with Gasteiger partial charge in [0.05, 0.1) is 13.2 Å². The lowest BCUT2D eigenvalue weighted by Gasteiger charge is -2.51. The van der Waals surface area contributed by atoms with Crippen LogP contribution in [0.4, 0.5) is 0 Å². The third-order valence-corrected chi connectivity index (χ3v) is 4.50. The van der Waals surface area contributed by atoms with Crippen molar-refractivity contribution < 1.29 is 55.1 Å². The average molecular weight is 416 g/mol. The molecule has 2 fully saturated rings. The summed E-state index contributed by atoms with van der Waals surface area (Å²) in [4.78, 5) is 0. The molecule has 2 aliphatic heterocycles. The van der Waals surface area contributed by atoms with E-state index in [0.717, 1.165) is 0 Å². The van der Waals surface area contributed by atoms with Gasteiger partial charge >= 0.3 is 0 Å². The van der Waals surface area contributed by atoms with Crippen molar-refractivity contribution in [3.63, 3.8) is 0 Å². The molecular formula is C13H24N2O11S. The Hall–Kier alpha value is -0.750. The van der Waals surface area contributed by atoms with Crippen LogP contribution < -0.4 is 11.1 Å². The summed E-state index contributed by atoms with van der Waals surface area (Å²) in [5.74, 6) is -2.50. The number of hydrogen-bond donors (Lipinski definition) is 10. The Kier molecular flexibility index (Phi) is 7.28. The maximum atomic E-state index is 10.4. The van der Waals surface area contributed by atoms with Crippen LogP contribution in [0.25, 0.3) is 0 Å². The second kappa shape index (κ2) is 8.73. The second-order valence-electron chi connectivity index (χ2n) is 6.23. The van der Waals surface area contributed by atoms with Gasteiger partial charge in [-0.05, 0) is 12.2 Å². The standard InChI is InChI=1S/C13H24N2O11S/c14-12(27)15-13(10(22)7(20)5(18)3(1-16)25-13)26-9-4(2-17)24-11(23)8(21)6(9)19/h3-11,16-23H,1-2H2,(H3,14,15,27)/t3-,4-,5+,6-,7+,8-,9?,10-,11+,13+/m1/s1. The van der Waals surface area contributed by atoms with Gasteiger partial charge in [-0.2, -0.15) is 0 Å². The third kappa shape index (κ3) is 4.31. The predicted molar refractivity (Wildman–Crippen MR) is 87.5 cm³/mol. The summed E-state index contributed by atoms with van der Waals surface area (Å²) in [6.45, 7) is -1.58. The van der Waals surface area contributed by atoms with Crippen molar-refractivity contribution >= 4 is 17.3 Å². The van der Waals surface area contributed by atoms with Gasteiger partial charge in [-0.3, -0.25) is 0 Å². The predicted octanol–water partition coefficient (Wildman–Crippen LogP) is -6.24. The van der Waals surface area contributed by atoms with Crippen molar-refractivity contribution in [3.05, 3.63) is 0 Å². The van der Waals surface area contributed by atoms with Crippen molar-refractivity contribution in [1.29, 1.82) is 0 Å². The van der Waals surface area contributed by atoms with E-state index in [4.69, 9.17) is 32.2 Å². The van der Waals surface area contributed by atoms with Gasteiger partial charge in [-0.1, -0.05) is 0 Å². The molecule has 158 valence electrons. The third-order valence-electron chi connectivity index (χ3n) is 4.40. The highest BCUT2D eigenvalue weighted by molar-refractivity contribution is 7.80. The van der Waals surface area contributed by atoms with E-state index in [9.17, 15) is 40.9 Å². The van der Waals surface area contributed by atoms with E-state index < -0.39 is 79.4 Å². The van der Waals surface area contributed by atoms with Gasteiger partial charge < -0.3 is 66.1 Å². The summed E-state index contributed by atoms with van der Waals surface area (Å²) in [7, 11) is 0. The van der Waals surface area contributed by atoms with Gasteiger partial charge in [-0.15, -0.1) is 0 Å². The van der Waals surface area contributed by atoms with Crippen LogP contribution in [0.3, 0.4) is 0 Å². The van der Waals surface area contributed by atoms with E-state index in [-0.39, 0.29) is 0 Å². The van der Waals surface area contributed by atoms with Crippen LogP contribution in [0.5, 0.6) is 0 Å². The number of ether oxygens (including phenoxy) is 3. The summed E-state index contributed by atoms with van der Waals surface area (Å²) >= 11 is 4.70. The Bertz CT molecular complexity index is 526. The molecular weight excluding hydrogens is 392 g/mol. The van der Waals surface area contributed by atoms with Gasteiger partial charge in [0.15, 0.2) is 17.5 Å². The van der Waals surface area contributed by atoms with Crippen molar-refractivity contribution in [3.8, 4) is 0 Å². The lowest BCUT2D eigenvalue weighted by Crippen LogP contribution is -2.75. The van der Waals surface area contributed by atoms with Crippen LogP contribution in [0.15, 0.2) is 0 Å². The highest BCUT2D eigenvalue weighted by atomic mass is 32.1. The van der Waals surface area contributed by atoms with Crippen molar-refractivity contribution in [1.82, 2.24) is 5.32 Å². The highest BCUT2D eigenvalue weighted by Gasteiger charge is 2.58. The van der Waals surface area contributed by atoms with E-state index in [1.54, 1.807) is 0 Å². The summed E-state index contributed by atoms with van der Waals surface area (Å²) in [6, 6.07) is 0. The molecule has 11 N–H and O–H groups in total. The quantitative estimate of drug-likeness (QED) is 0.149. The lowest BCUT2D eigenvalue weighted by molar-refractivity contribution is -0.407. The fourth-order valence-corrected chi connectivity index (χ4v) is 3.10. The first-order chi connectivity index (χ1) is 12.6. The number of aliphatic hydroxyl groups is 8. The topological polar surface area (TPSA) is 228 Å². The minimum atomic E-state index is -2.50. The molecule has 0 aromatic rings. The van der Waals surface area contributed by atoms with E-state index in [1.165, 1.54) is 0 Å². The van der Waals surface area contributed by atoms with Crippen LogP contribution in [0.1, 0.15) is 0 Å². The molecule has 0 radical (unpaired) electrons. The molecule has 0 bridgehead atoms. The van der Waals surface area contributed by atoms with Crippen LogP contribution in [0, 0.1) is 0 Å². The SMILES string of the molecule is NC(=S)N[C@]1(OC2[C@@H](CO)O[C@H](O)[C@H](O)[C@H]2O)O[C@H](CO)[C@H](O)[C@H](O)[C@H]1O. The Balaban J connectivity index is 2.38. The monoisotopic (exact) mass is 416 g/mol. The number of hydrogen-bond acceptors (Lipinski definition) is 12. The minimum Gasteiger partial charge on any atom is -0.394 e. The first kappa shape index (κ1) is 22.5. The van der Waals surface area contributed by atoms with Gasteiger partial charge in [0.25, 0.3) is 5.91 Å². The second-order valence-corrected chi connectivity index (χ2v) is 6.67. The summed E-state index contributed by atoms with van der Waals surface area (Å²) in [5, 5.41) is 80.4. The molecule has 2 aliphatic rings. The molecule has 0 spiro atoms. The molecule has 14 heteroatoms. The Morgan fingerprint density at radius 2 is 1.56 bits per heavy atom. The molecule has 2 rings (SSSR count). The fraction of sp³-hybridized carbons (Fsp3) is 0.923. The van der Waals surface area contributed by atoms with E-state index in [1.807, 2.05) is 0 Å². The van der Waals surface area contributed by atoms with E-state index >= 15 is 0 Å². The molecule has 2 saturated heterocycles. The molecule has 2 heterocycles. The van der Waals surface area contributed by atoms with Crippen molar-refractivity contribution in [2.75, 3.05) is 13.2 Å². The van der Waals surface area contributed by atoms with Crippen LogP contribution in [-0.4, -0.2) is 120 Å². The Morgan fingerprint density at radius 1 is 0.963 bits per heavy atom. The minimum absolute atomic E-state index is 0.485. The number of nitrogens with one attached hydrogen (secondary N) is 1. The maximum absolute atomic E-state index is 10.4. The smallest absolute Gasteiger partial charge is 0.282 e. The molecule has 1 unspecified atom stereocenters. The van der Waals surface area contributed by atoms with Crippen LogP contribution in [-0.2, 0) is 14.2 Å². The van der Waals surface area contributed by atoms with E-state index in [2.05, 4.69) is 5.32 Å². The Morgan fingerprint density at radius 3 is 2.07 bits per heavy atom. The summed E-state index contributed by atoms with van der Waals surface area (Å²) in [6.07, 6.45) is -15.6. The Labute approximate surface area is 158 Å².